The lowest BCUT2D eigenvalue weighted by Crippen LogP contribution is -2.35. The Balaban J connectivity index is 3.47. The lowest BCUT2D eigenvalue weighted by Gasteiger charge is -2.09. The van der Waals surface area contributed by atoms with E-state index in [0.717, 1.165) is 0 Å². The molecule has 2 N–H and O–H groups in total. The van der Waals surface area contributed by atoms with Crippen LogP contribution in [0.15, 0.2) is 0 Å². The molecule has 0 radical (unpaired) electrons. The Kier molecular flexibility index (Phi) is 10.6. The maximum atomic E-state index is 11.5. The Morgan fingerprint density at radius 1 is 1.11 bits per heavy atom. The highest BCUT2D eigenvalue weighted by Gasteiger charge is 2.08. The third kappa shape index (κ3) is 12.3. The first-order chi connectivity index (χ1) is 8.48. The maximum absolute atomic E-state index is 11.5. The fraction of sp³-hybridized carbons (Fsp3) is 1.00. The summed E-state index contributed by atoms with van der Waals surface area (Å²) in [6.45, 7) is 6.49. The van der Waals surface area contributed by atoms with E-state index in [1.807, 2.05) is 13.8 Å². The summed E-state index contributed by atoms with van der Waals surface area (Å²) in [6.07, 6.45) is 0.667. The number of hydrogen-bond donors (Lipinski definition) is 2. The minimum Gasteiger partial charge on any atom is -0.382 e. The van der Waals surface area contributed by atoms with Crippen molar-refractivity contribution in [2.45, 2.75) is 26.3 Å². The SMILES string of the molecule is COCCOCCCNS(=O)(=O)CCNC(C)C. The van der Waals surface area contributed by atoms with Crippen molar-refractivity contribution >= 4 is 10.0 Å². The quantitative estimate of drug-likeness (QED) is 0.491. The first kappa shape index (κ1) is 17.8. The lowest BCUT2D eigenvalue weighted by atomic mass is 10.4. The van der Waals surface area contributed by atoms with Crippen molar-refractivity contribution in [2.24, 2.45) is 0 Å². The van der Waals surface area contributed by atoms with Gasteiger partial charge in [0.05, 0.1) is 19.0 Å². The normalized spacial score (nSPS) is 12.2. The molecule has 7 heteroatoms. The number of nitrogens with one attached hydrogen (secondary N) is 2. The van der Waals surface area contributed by atoms with Gasteiger partial charge in [-0.2, -0.15) is 0 Å². The highest BCUT2D eigenvalue weighted by atomic mass is 32.2. The Morgan fingerprint density at radius 2 is 1.83 bits per heavy atom. The van der Waals surface area contributed by atoms with Crippen molar-refractivity contribution in [2.75, 3.05) is 45.8 Å². The average molecular weight is 282 g/mol. The molecule has 0 bridgehead atoms. The molecule has 0 aromatic heterocycles. The van der Waals surface area contributed by atoms with Crippen LogP contribution < -0.4 is 10.0 Å². The Morgan fingerprint density at radius 3 is 2.44 bits per heavy atom. The molecule has 0 aliphatic rings. The molecule has 0 heterocycles. The van der Waals surface area contributed by atoms with Gasteiger partial charge in [0, 0.05) is 32.8 Å². The summed E-state index contributed by atoms with van der Waals surface area (Å²) in [7, 11) is -1.55. The van der Waals surface area contributed by atoms with Crippen LogP contribution in [0.3, 0.4) is 0 Å². The lowest BCUT2D eigenvalue weighted by molar-refractivity contribution is 0.0699. The van der Waals surface area contributed by atoms with E-state index < -0.39 is 10.0 Å². The average Bonchev–Trinajstić information content (AvgIpc) is 2.27. The van der Waals surface area contributed by atoms with Crippen LogP contribution in [0.4, 0.5) is 0 Å². The summed E-state index contributed by atoms with van der Waals surface area (Å²) in [4.78, 5) is 0. The third-order valence-corrected chi connectivity index (χ3v) is 3.53. The smallest absolute Gasteiger partial charge is 0.212 e. The molecule has 0 aromatic carbocycles. The summed E-state index contributed by atoms with van der Waals surface area (Å²) in [5, 5.41) is 3.07. The summed E-state index contributed by atoms with van der Waals surface area (Å²) >= 11 is 0. The van der Waals surface area contributed by atoms with Crippen LogP contribution in [0, 0.1) is 0 Å². The van der Waals surface area contributed by atoms with Crippen LogP contribution in [-0.4, -0.2) is 60.2 Å². The number of ether oxygens (including phenoxy) is 2. The number of rotatable bonds is 12. The predicted molar refractivity (Wildman–Crippen MR) is 72.2 cm³/mol. The standard InChI is InChI=1S/C11H26N2O4S/c1-11(2)12-6-10-18(14,15)13-5-4-7-17-9-8-16-3/h11-13H,4-10H2,1-3H3. The predicted octanol–water partition coefficient (Wildman–Crippen LogP) is -0.0431. The molecular formula is C11H26N2O4S. The summed E-state index contributed by atoms with van der Waals surface area (Å²) in [6, 6.07) is 0.300. The molecule has 0 amide bonds. The minimum atomic E-state index is -3.17. The van der Waals surface area contributed by atoms with Gasteiger partial charge in [-0.25, -0.2) is 13.1 Å². The largest absolute Gasteiger partial charge is 0.382 e. The van der Waals surface area contributed by atoms with Crippen LogP contribution >= 0.6 is 0 Å². The van der Waals surface area contributed by atoms with Gasteiger partial charge in [-0.15, -0.1) is 0 Å². The highest BCUT2D eigenvalue weighted by molar-refractivity contribution is 7.89. The van der Waals surface area contributed by atoms with Gasteiger partial charge in [0.1, 0.15) is 0 Å². The monoisotopic (exact) mass is 282 g/mol. The van der Waals surface area contributed by atoms with Crippen molar-refractivity contribution in [1.82, 2.24) is 10.0 Å². The van der Waals surface area contributed by atoms with E-state index >= 15 is 0 Å². The number of hydrogen-bond acceptors (Lipinski definition) is 5. The molecule has 0 saturated carbocycles. The van der Waals surface area contributed by atoms with E-state index in [0.29, 0.717) is 45.4 Å². The second-order valence-corrected chi connectivity index (χ2v) is 6.21. The van der Waals surface area contributed by atoms with E-state index in [4.69, 9.17) is 9.47 Å². The molecular weight excluding hydrogens is 256 g/mol. The topological polar surface area (TPSA) is 76.7 Å². The van der Waals surface area contributed by atoms with E-state index in [-0.39, 0.29) is 5.75 Å². The van der Waals surface area contributed by atoms with Gasteiger partial charge in [-0.1, -0.05) is 13.8 Å². The summed E-state index contributed by atoms with van der Waals surface area (Å²) < 4.78 is 35.7. The van der Waals surface area contributed by atoms with Gasteiger partial charge in [-0.05, 0) is 6.42 Å². The molecule has 0 unspecified atom stereocenters. The van der Waals surface area contributed by atoms with E-state index in [1.165, 1.54) is 0 Å². The van der Waals surface area contributed by atoms with Gasteiger partial charge < -0.3 is 14.8 Å². The molecule has 0 fully saturated rings. The van der Waals surface area contributed by atoms with Crippen LogP contribution in [0.5, 0.6) is 0 Å². The molecule has 0 rings (SSSR count). The Hall–Kier alpha value is -0.210. The maximum Gasteiger partial charge on any atom is 0.212 e. The molecule has 0 aliphatic carbocycles. The highest BCUT2D eigenvalue weighted by Crippen LogP contribution is 1.87. The van der Waals surface area contributed by atoms with Gasteiger partial charge in [-0.3, -0.25) is 0 Å². The number of methoxy groups -OCH3 is 1. The Bertz CT molecular complexity index is 281. The van der Waals surface area contributed by atoms with Crippen molar-refractivity contribution in [3.63, 3.8) is 0 Å². The summed E-state index contributed by atoms with van der Waals surface area (Å²) in [5.74, 6) is 0.107. The van der Waals surface area contributed by atoms with E-state index in [9.17, 15) is 8.42 Å². The minimum absolute atomic E-state index is 0.107. The fourth-order valence-corrected chi connectivity index (χ4v) is 2.19. The van der Waals surface area contributed by atoms with Crippen molar-refractivity contribution in [3.8, 4) is 0 Å². The van der Waals surface area contributed by atoms with Gasteiger partial charge in [0.15, 0.2) is 0 Å². The summed E-state index contributed by atoms with van der Waals surface area (Å²) in [5.41, 5.74) is 0. The van der Waals surface area contributed by atoms with E-state index in [1.54, 1.807) is 7.11 Å². The second-order valence-electron chi connectivity index (χ2n) is 4.28. The zero-order valence-corrected chi connectivity index (χ0v) is 12.4. The first-order valence-corrected chi connectivity index (χ1v) is 7.90. The molecule has 0 aromatic rings. The zero-order chi connectivity index (χ0) is 13.9. The number of sulfonamides is 1. The van der Waals surface area contributed by atoms with Crippen LogP contribution in [0.25, 0.3) is 0 Å². The fourth-order valence-electron chi connectivity index (χ4n) is 1.20. The van der Waals surface area contributed by atoms with Crippen molar-refractivity contribution in [3.05, 3.63) is 0 Å². The molecule has 0 aliphatic heterocycles. The van der Waals surface area contributed by atoms with Gasteiger partial charge >= 0.3 is 0 Å². The van der Waals surface area contributed by atoms with E-state index in [2.05, 4.69) is 10.0 Å². The Labute approximate surface area is 110 Å². The molecule has 6 nitrogen and oxygen atoms in total. The second kappa shape index (κ2) is 10.7. The van der Waals surface area contributed by atoms with Crippen molar-refractivity contribution in [1.29, 1.82) is 0 Å². The molecule has 18 heavy (non-hydrogen) atoms. The molecule has 0 saturated heterocycles. The molecule has 0 spiro atoms. The first-order valence-electron chi connectivity index (χ1n) is 6.25. The van der Waals surface area contributed by atoms with Gasteiger partial charge in [0.25, 0.3) is 0 Å². The molecule has 110 valence electrons. The van der Waals surface area contributed by atoms with Crippen LogP contribution in [0.2, 0.25) is 0 Å². The molecule has 0 atom stereocenters. The van der Waals surface area contributed by atoms with Crippen molar-refractivity contribution < 1.29 is 17.9 Å². The zero-order valence-electron chi connectivity index (χ0n) is 11.6. The van der Waals surface area contributed by atoms with Crippen LogP contribution in [-0.2, 0) is 19.5 Å². The van der Waals surface area contributed by atoms with Gasteiger partial charge in [0.2, 0.25) is 10.0 Å². The third-order valence-electron chi connectivity index (χ3n) is 2.14. The van der Waals surface area contributed by atoms with Crippen LogP contribution in [0.1, 0.15) is 20.3 Å².